The average molecular weight is 373 g/mol. The van der Waals surface area contributed by atoms with Gasteiger partial charge in [-0.2, -0.15) is 0 Å². The van der Waals surface area contributed by atoms with Crippen LogP contribution in [0.25, 0.3) is 0 Å². The molecule has 7 heteroatoms. The number of ether oxygens (including phenoxy) is 4. The largest absolute Gasteiger partial charge is 0.497 e. The van der Waals surface area contributed by atoms with Crippen LogP contribution in [0.4, 0.5) is 0 Å². The summed E-state index contributed by atoms with van der Waals surface area (Å²) in [6, 6.07) is 12.0. The summed E-state index contributed by atoms with van der Waals surface area (Å²) in [5.74, 6) is 0.632. The number of hydrogen-bond donors (Lipinski definition) is 1. The molecule has 0 aliphatic rings. The van der Waals surface area contributed by atoms with Crippen LogP contribution in [0.15, 0.2) is 42.5 Å². The van der Waals surface area contributed by atoms with Crippen molar-refractivity contribution in [3.63, 3.8) is 0 Å². The standard InChI is InChI=1S/C20H23NO6/c1-13(19(22)21-12-14-5-8-16(24-2)9-6-14)27-20(23)15-7-10-17(25-3)18(11-15)26-4/h5-11,13H,12H2,1-4H3,(H,21,22)/t13-/m1/s1. The number of carbonyl (C=O) groups is 2. The Hall–Kier alpha value is -3.22. The predicted molar refractivity (Wildman–Crippen MR) is 99.3 cm³/mol. The van der Waals surface area contributed by atoms with Gasteiger partial charge in [-0.25, -0.2) is 4.79 Å². The smallest absolute Gasteiger partial charge is 0.339 e. The fourth-order valence-electron chi connectivity index (χ4n) is 2.32. The molecule has 0 saturated heterocycles. The van der Waals surface area contributed by atoms with Crippen LogP contribution in [0.2, 0.25) is 0 Å². The summed E-state index contributed by atoms with van der Waals surface area (Å²) < 4.78 is 20.6. The highest BCUT2D eigenvalue weighted by atomic mass is 16.5. The Morgan fingerprint density at radius 3 is 2.19 bits per heavy atom. The van der Waals surface area contributed by atoms with E-state index in [0.717, 1.165) is 11.3 Å². The van der Waals surface area contributed by atoms with E-state index in [4.69, 9.17) is 18.9 Å². The van der Waals surface area contributed by atoms with Crippen LogP contribution in [0.1, 0.15) is 22.8 Å². The van der Waals surface area contributed by atoms with Gasteiger partial charge < -0.3 is 24.3 Å². The van der Waals surface area contributed by atoms with Crippen molar-refractivity contribution < 1.29 is 28.5 Å². The first-order valence-corrected chi connectivity index (χ1v) is 8.32. The van der Waals surface area contributed by atoms with Crippen molar-refractivity contribution in [2.24, 2.45) is 0 Å². The third-order valence-electron chi connectivity index (χ3n) is 3.90. The third kappa shape index (κ3) is 5.37. The zero-order valence-corrected chi connectivity index (χ0v) is 15.8. The van der Waals surface area contributed by atoms with Crippen molar-refractivity contribution in [3.05, 3.63) is 53.6 Å². The van der Waals surface area contributed by atoms with Gasteiger partial charge in [-0.3, -0.25) is 4.79 Å². The second kappa shape index (κ2) is 9.47. The van der Waals surface area contributed by atoms with Gasteiger partial charge in [-0.05, 0) is 42.8 Å². The average Bonchev–Trinajstić information content (AvgIpc) is 2.71. The van der Waals surface area contributed by atoms with Crippen molar-refractivity contribution >= 4 is 11.9 Å². The van der Waals surface area contributed by atoms with Gasteiger partial charge in [0, 0.05) is 6.54 Å². The maximum atomic E-state index is 12.3. The Bertz CT molecular complexity index is 788. The molecular formula is C20H23NO6. The molecule has 1 amide bonds. The molecule has 2 rings (SSSR count). The Morgan fingerprint density at radius 2 is 1.59 bits per heavy atom. The molecule has 0 spiro atoms. The number of hydrogen-bond acceptors (Lipinski definition) is 6. The molecular weight excluding hydrogens is 350 g/mol. The highest BCUT2D eigenvalue weighted by Crippen LogP contribution is 2.27. The lowest BCUT2D eigenvalue weighted by Crippen LogP contribution is -2.35. The SMILES string of the molecule is COc1ccc(CNC(=O)[C@@H](C)OC(=O)c2ccc(OC)c(OC)c2)cc1. The second-order valence-electron chi connectivity index (χ2n) is 5.68. The molecule has 0 unspecified atom stereocenters. The van der Waals surface area contributed by atoms with Gasteiger partial charge in [0.25, 0.3) is 5.91 Å². The number of carbonyl (C=O) groups excluding carboxylic acids is 2. The molecule has 0 aromatic heterocycles. The highest BCUT2D eigenvalue weighted by molar-refractivity contribution is 5.92. The summed E-state index contributed by atoms with van der Waals surface area (Å²) in [6.07, 6.45) is -0.941. The molecule has 0 radical (unpaired) electrons. The lowest BCUT2D eigenvalue weighted by atomic mass is 10.2. The molecule has 1 N–H and O–H groups in total. The summed E-state index contributed by atoms with van der Waals surface area (Å²) in [7, 11) is 4.57. The van der Waals surface area contributed by atoms with E-state index in [2.05, 4.69) is 5.32 Å². The van der Waals surface area contributed by atoms with Crippen molar-refractivity contribution in [2.75, 3.05) is 21.3 Å². The van der Waals surface area contributed by atoms with E-state index in [0.29, 0.717) is 18.0 Å². The summed E-state index contributed by atoms with van der Waals surface area (Å²) in [5, 5.41) is 2.73. The molecule has 0 saturated carbocycles. The van der Waals surface area contributed by atoms with Gasteiger partial charge >= 0.3 is 5.97 Å². The van der Waals surface area contributed by atoms with E-state index in [1.54, 1.807) is 19.2 Å². The minimum absolute atomic E-state index is 0.266. The molecule has 27 heavy (non-hydrogen) atoms. The summed E-state index contributed by atoms with van der Waals surface area (Å²) in [4.78, 5) is 24.4. The molecule has 0 aliphatic heterocycles. The molecule has 2 aromatic rings. The van der Waals surface area contributed by atoms with Crippen LogP contribution >= 0.6 is 0 Å². The van der Waals surface area contributed by atoms with Crippen LogP contribution in [0, 0.1) is 0 Å². The topological polar surface area (TPSA) is 83.1 Å². The molecule has 7 nitrogen and oxygen atoms in total. The molecule has 144 valence electrons. The Balaban J connectivity index is 1.91. The van der Waals surface area contributed by atoms with Crippen molar-refractivity contribution in [2.45, 2.75) is 19.6 Å². The van der Waals surface area contributed by atoms with E-state index in [1.807, 2.05) is 24.3 Å². The Morgan fingerprint density at radius 1 is 0.926 bits per heavy atom. The number of esters is 1. The highest BCUT2D eigenvalue weighted by Gasteiger charge is 2.20. The van der Waals surface area contributed by atoms with Crippen molar-refractivity contribution in [1.29, 1.82) is 0 Å². The van der Waals surface area contributed by atoms with E-state index < -0.39 is 12.1 Å². The normalized spacial score (nSPS) is 11.3. The van der Waals surface area contributed by atoms with E-state index >= 15 is 0 Å². The lowest BCUT2D eigenvalue weighted by Gasteiger charge is -2.14. The third-order valence-corrected chi connectivity index (χ3v) is 3.90. The Labute approximate surface area is 158 Å². The van der Waals surface area contributed by atoms with Gasteiger partial charge in [-0.15, -0.1) is 0 Å². The van der Waals surface area contributed by atoms with Gasteiger partial charge in [0.1, 0.15) is 5.75 Å². The maximum Gasteiger partial charge on any atom is 0.339 e. The molecule has 0 heterocycles. The summed E-state index contributed by atoms with van der Waals surface area (Å²) in [5.41, 5.74) is 1.17. The first-order valence-electron chi connectivity index (χ1n) is 8.32. The number of rotatable bonds is 8. The van der Waals surface area contributed by atoms with E-state index in [1.165, 1.54) is 27.2 Å². The van der Waals surface area contributed by atoms with E-state index in [-0.39, 0.29) is 11.5 Å². The van der Waals surface area contributed by atoms with Crippen LogP contribution in [-0.2, 0) is 16.1 Å². The lowest BCUT2D eigenvalue weighted by molar-refractivity contribution is -0.129. The first kappa shape index (κ1) is 20.1. The molecule has 1 atom stereocenters. The first-order chi connectivity index (χ1) is 13.0. The number of methoxy groups -OCH3 is 3. The van der Waals surface area contributed by atoms with Crippen LogP contribution in [-0.4, -0.2) is 39.3 Å². The van der Waals surface area contributed by atoms with Gasteiger partial charge in [0.15, 0.2) is 17.6 Å². The van der Waals surface area contributed by atoms with Crippen LogP contribution < -0.4 is 19.5 Å². The summed E-state index contributed by atoms with van der Waals surface area (Å²) >= 11 is 0. The zero-order chi connectivity index (χ0) is 19.8. The fourth-order valence-corrected chi connectivity index (χ4v) is 2.32. The predicted octanol–water partition coefficient (Wildman–Crippen LogP) is 2.57. The van der Waals surface area contributed by atoms with E-state index in [9.17, 15) is 9.59 Å². The molecule has 0 bridgehead atoms. The monoisotopic (exact) mass is 373 g/mol. The number of amides is 1. The van der Waals surface area contributed by atoms with Crippen LogP contribution in [0.5, 0.6) is 17.2 Å². The van der Waals surface area contributed by atoms with Crippen LogP contribution in [0.3, 0.4) is 0 Å². The number of benzene rings is 2. The van der Waals surface area contributed by atoms with Crippen molar-refractivity contribution in [1.82, 2.24) is 5.32 Å². The quantitative estimate of drug-likeness (QED) is 0.716. The van der Waals surface area contributed by atoms with Gasteiger partial charge in [-0.1, -0.05) is 12.1 Å². The molecule has 2 aromatic carbocycles. The molecule has 0 fully saturated rings. The van der Waals surface area contributed by atoms with Gasteiger partial charge in [0.05, 0.1) is 26.9 Å². The van der Waals surface area contributed by atoms with Crippen molar-refractivity contribution in [3.8, 4) is 17.2 Å². The molecule has 0 aliphatic carbocycles. The van der Waals surface area contributed by atoms with Gasteiger partial charge in [0.2, 0.25) is 0 Å². The number of nitrogens with one attached hydrogen (secondary N) is 1. The second-order valence-corrected chi connectivity index (χ2v) is 5.68. The summed E-state index contributed by atoms with van der Waals surface area (Å²) in [6.45, 7) is 1.84. The Kier molecular flexibility index (Phi) is 7.05. The fraction of sp³-hybridized carbons (Fsp3) is 0.300. The zero-order valence-electron chi connectivity index (χ0n) is 15.8. The maximum absolute atomic E-state index is 12.3. The minimum Gasteiger partial charge on any atom is -0.497 e. The minimum atomic E-state index is -0.941.